The fraction of sp³-hybridized carbons (Fsp3) is 0.438. The molecule has 1 aromatic carbocycles. The van der Waals surface area contributed by atoms with Gasteiger partial charge in [0.15, 0.2) is 5.78 Å². The van der Waals surface area contributed by atoms with Crippen LogP contribution < -0.4 is 0 Å². The quantitative estimate of drug-likeness (QED) is 0.638. The van der Waals surface area contributed by atoms with Crippen molar-refractivity contribution in [1.82, 2.24) is 0 Å². The lowest BCUT2D eigenvalue weighted by Gasteiger charge is -2.39. The zero-order valence-corrected chi connectivity index (χ0v) is 11.0. The van der Waals surface area contributed by atoms with Crippen molar-refractivity contribution in [1.29, 1.82) is 0 Å². The Morgan fingerprint density at radius 1 is 1.22 bits per heavy atom. The summed E-state index contributed by atoms with van der Waals surface area (Å²) in [5, 5.41) is 0.634. The average molecular weight is 259 g/mol. The van der Waals surface area contributed by atoms with E-state index in [4.69, 9.17) is 11.6 Å². The van der Waals surface area contributed by atoms with Crippen LogP contribution in [0.4, 0.5) is 0 Å². The maximum atomic E-state index is 12.4. The third-order valence-corrected chi connectivity index (χ3v) is 5.39. The van der Waals surface area contributed by atoms with Crippen LogP contribution >= 0.6 is 11.6 Å². The Balaban J connectivity index is 1.82. The number of benzene rings is 1. The predicted molar refractivity (Wildman–Crippen MR) is 72.0 cm³/mol. The second-order valence-corrected chi connectivity index (χ2v) is 6.50. The molecule has 1 saturated carbocycles. The van der Waals surface area contributed by atoms with Crippen LogP contribution in [0.25, 0.3) is 0 Å². The number of ketones is 1. The van der Waals surface area contributed by atoms with Crippen LogP contribution in [-0.4, -0.2) is 5.78 Å². The SMILES string of the molecule is O=C1CC2(CC3=CCC2C3)Cc2cccc(Cl)c21. The van der Waals surface area contributed by atoms with Crippen molar-refractivity contribution >= 4 is 17.4 Å². The van der Waals surface area contributed by atoms with E-state index in [0.717, 1.165) is 18.4 Å². The van der Waals surface area contributed by atoms with Gasteiger partial charge in [0, 0.05) is 12.0 Å². The van der Waals surface area contributed by atoms with Crippen molar-refractivity contribution in [2.24, 2.45) is 11.3 Å². The van der Waals surface area contributed by atoms with Crippen molar-refractivity contribution < 1.29 is 4.79 Å². The maximum absolute atomic E-state index is 12.4. The Morgan fingerprint density at radius 3 is 2.83 bits per heavy atom. The van der Waals surface area contributed by atoms with E-state index in [1.807, 2.05) is 12.1 Å². The third-order valence-electron chi connectivity index (χ3n) is 5.08. The molecule has 1 fully saturated rings. The van der Waals surface area contributed by atoms with E-state index in [0.29, 0.717) is 17.4 Å². The molecule has 0 aromatic heterocycles. The first-order chi connectivity index (χ1) is 8.68. The molecule has 0 saturated heterocycles. The molecule has 1 nitrogen and oxygen atoms in total. The average Bonchev–Trinajstić information content (AvgIpc) is 2.88. The second-order valence-electron chi connectivity index (χ2n) is 6.09. The molecular weight excluding hydrogens is 244 g/mol. The molecule has 2 bridgehead atoms. The molecule has 0 heterocycles. The molecule has 1 spiro atoms. The van der Waals surface area contributed by atoms with Gasteiger partial charge in [-0.1, -0.05) is 35.4 Å². The highest BCUT2D eigenvalue weighted by Crippen LogP contribution is 2.58. The molecule has 0 amide bonds. The van der Waals surface area contributed by atoms with Gasteiger partial charge in [-0.05, 0) is 48.6 Å². The number of hydrogen-bond donors (Lipinski definition) is 0. The molecule has 3 aliphatic rings. The van der Waals surface area contributed by atoms with Crippen LogP contribution in [0.1, 0.15) is 41.6 Å². The minimum atomic E-state index is 0.221. The van der Waals surface area contributed by atoms with Gasteiger partial charge in [-0.3, -0.25) is 4.79 Å². The van der Waals surface area contributed by atoms with Crippen molar-refractivity contribution in [2.45, 2.75) is 32.1 Å². The van der Waals surface area contributed by atoms with Gasteiger partial charge in [0.25, 0.3) is 0 Å². The summed E-state index contributed by atoms with van der Waals surface area (Å²) in [6.45, 7) is 0. The lowest BCUT2D eigenvalue weighted by molar-refractivity contribution is 0.0824. The van der Waals surface area contributed by atoms with Gasteiger partial charge in [0.05, 0.1) is 5.02 Å². The van der Waals surface area contributed by atoms with E-state index in [1.54, 1.807) is 5.57 Å². The van der Waals surface area contributed by atoms with Crippen LogP contribution in [0, 0.1) is 11.3 Å². The summed E-state index contributed by atoms with van der Waals surface area (Å²) in [7, 11) is 0. The van der Waals surface area contributed by atoms with E-state index in [9.17, 15) is 4.79 Å². The summed E-state index contributed by atoms with van der Waals surface area (Å²) >= 11 is 6.18. The molecule has 4 rings (SSSR count). The number of halogens is 1. The number of allylic oxidation sites excluding steroid dienone is 2. The summed E-state index contributed by atoms with van der Waals surface area (Å²) < 4.78 is 0. The van der Waals surface area contributed by atoms with Crippen LogP contribution in [0.3, 0.4) is 0 Å². The Kier molecular flexibility index (Phi) is 2.09. The van der Waals surface area contributed by atoms with Gasteiger partial charge < -0.3 is 0 Å². The molecule has 3 aliphatic carbocycles. The topological polar surface area (TPSA) is 17.1 Å². The summed E-state index contributed by atoms with van der Waals surface area (Å²) in [4.78, 5) is 12.4. The molecule has 92 valence electrons. The molecule has 2 unspecified atom stereocenters. The van der Waals surface area contributed by atoms with Crippen molar-refractivity contribution in [3.05, 3.63) is 46.0 Å². The largest absolute Gasteiger partial charge is 0.294 e. The number of hydrogen-bond acceptors (Lipinski definition) is 1. The minimum Gasteiger partial charge on any atom is -0.294 e. The van der Waals surface area contributed by atoms with Gasteiger partial charge in [0.1, 0.15) is 0 Å². The van der Waals surface area contributed by atoms with E-state index < -0.39 is 0 Å². The molecule has 0 aliphatic heterocycles. The van der Waals surface area contributed by atoms with Gasteiger partial charge >= 0.3 is 0 Å². The van der Waals surface area contributed by atoms with E-state index >= 15 is 0 Å². The highest BCUT2D eigenvalue weighted by molar-refractivity contribution is 6.34. The Hall–Kier alpha value is -1.08. The summed E-state index contributed by atoms with van der Waals surface area (Å²) in [6.07, 6.45) is 7.66. The predicted octanol–water partition coefficient (Wildman–Crippen LogP) is 4.20. The lowest BCUT2D eigenvalue weighted by atomic mass is 9.63. The molecule has 18 heavy (non-hydrogen) atoms. The number of carbonyl (C=O) groups is 1. The fourth-order valence-electron chi connectivity index (χ4n) is 4.29. The highest BCUT2D eigenvalue weighted by Gasteiger charge is 2.50. The molecule has 2 heteroatoms. The van der Waals surface area contributed by atoms with E-state index in [-0.39, 0.29) is 11.2 Å². The normalized spacial score (nSPS) is 32.8. The van der Waals surface area contributed by atoms with Gasteiger partial charge in [-0.25, -0.2) is 0 Å². The monoisotopic (exact) mass is 258 g/mol. The van der Waals surface area contributed by atoms with Crippen LogP contribution in [0.5, 0.6) is 0 Å². The van der Waals surface area contributed by atoms with E-state index in [1.165, 1.54) is 18.4 Å². The van der Waals surface area contributed by atoms with E-state index in [2.05, 4.69) is 12.1 Å². The highest BCUT2D eigenvalue weighted by atomic mass is 35.5. The minimum absolute atomic E-state index is 0.221. The van der Waals surface area contributed by atoms with Crippen LogP contribution in [-0.2, 0) is 6.42 Å². The molecule has 0 N–H and O–H groups in total. The number of rotatable bonds is 0. The lowest BCUT2D eigenvalue weighted by Crippen LogP contribution is -2.36. The fourth-order valence-corrected chi connectivity index (χ4v) is 4.59. The molecule has 0 radical (unpaired) electrons. The van der Waals surface area contributed by atoms with Crippen molar-refractivity contribution in [3.63, 3.8) is 0 Å². The Bertz CT molecular complexity index is 587. The number of Topliss-reactive ketones (excluding diaryl/α,β-unsaturated/α-hetero) is 1. The zero-order valence-electron chi connectivity index (χ0n) is 10.2. The van der Waals surface area contributed by atoms with Crippen molar-refractivity contribution in [2.75, 3.05) is 0 Å². The maximum Gasteiger partial charge on any atom is 0.165 e. The first-order valence-electron chi connectivity index (χ1n) is 6.66. The molecular formula is C16H15ClO. The Morgan fingerprint density at radius 2 is 2.11 bits per heavy atom. The number of fused-ring (bicyclic) bond motifs is 4. The second kappa shape index (κ2) is 3.48. The number of carbonyl (C=O) groups excluding carboxylic acids is 1. The third kappa shape index (κ3) is 1.31. The van der Waals surface area contributed by atoms with Crippen LogP contribution in [0.15, 0.2) is 29.8 Å². The van der Waals surface area contributed by atoms with Crippen molar-refractivity contribution in [3.8, 4) is 0 Å². The summed E-state index contributed by atoms with van der Waals surface area (Å²) in [5.41, 5.74) is 3.77. The summed E-state index contributed by atoms with van der Waals surface area (Å²) in [5.74, 6) is 0.957. The first-order valence-corrected chi connectivity index (χ1v) is 7.04. The zero-order chi connectivity index (χ0) is 12.3. The van der Waals surface area contributed by atoms with Gasteiger partial charge in [0.2, 0.25) is 0 Å². The smallest absolute Gasteiger partial charge is 0.165 e. The summed E-state index contributed by atoms with van der Waals surface area (Å²) in [6, 6.07) is 5.89. The molecule has 1 aromatic rings. The van der Waals surface area contributed by atoms with Gasteiger partial charge in [-0.15, -0.1) is 0 Å². The van der Waals surface area contributed by atoms with Crippen LogP contribution in [0.2, 0.25) is 5.02 Å². The molecule has 2 atom stereocenters. The van der Waals surface area contributed by atoms with Gasteiger partial charge in [-0.2, -0.15) is 0 Å². The Labute approximate surface area is 112 Å². The standard InChI is InChI=1S/C16H15ClO/c17-13-3-1-2-11-8-16(9-14(18)15(11)13)7-10-4-5-12(16)6-10/h1-4,12H,5-9H2. The first kappa shape index (κ1) is 10.8.